The smallest absolute Gasteiger partial charge is 0.240 e. The molecule has 2 N–H and O–H groups in total. The van der Waals surface area contributed by atoms with Gasteiger partial charge in [-0.2, -0.15) is 5.10 Å². The second-order valence-electron chi connectivity index (χ2n) is 6.37. The second kappa shape index (κ2) is 9.16. The standard InChI is InChI=1S/C21H18ClN3O4/c1-13-2-5-16(6-3-13)24-19(26)8-9-20(27)25-23-11-14-12-29-18-10-15(22)4-7-17(18)21(14)28/h2-7,10-12H,8-9H2,1H3,(H,24,26)(H,25,27)/b23-11-. The molecular formula is C21H18ClN3O4. The van der Waals surface area contributed by atoms with Crippen molar-refractivity contribution in [2.75, 3.05) is 5.32 Å². The summed E-state index contributed by atoms with van der Waals surface area (Å²) < 4.78 is 5.36. The van der Waals surface area contributed by atoms with E-state index in [1.807, 2.05) is 19.1 Å². The fraction of sp³-hybridized carbons (Fsp3) is 0.143. The molecule has 2 aromatic carbocycles. The number of aryl methyl sites for hydroxylation is 1. The van der Waals surface area contributed by atoms with Crippen LogP contribution < -0.4 is 16.2 Å². The minimum absolute atomic E-state index is 0.00804. The van der Waals surface area contributed by atoms with E-state index in [0.717, 1.165) is 5.56 Å². The number of benzene rings is 2. The summed E-state index contributed by atoms with van der Waals surface area (Å²) in [6.45, 7) is 1.95. The van der Waals surface area contributed by atoms with Crippen molar-refractivity contribution in [2.45, 2.75) is 19.8 Å². The average Bonchev–Trinajstić information content (AvgIpc) is 2.70. The molecule has 29 heavy (non-hydrogen) atoms. The van der Waals surface area contributed by atoms with E-state index in [9.17, 15) is 14.4 Å². The Kier molecular flexibility index (Phi) is 6.41. The van der Waals surface area contributed by atoms with Crippen LogP contribution in [0.1, 0.15) is 24.0 Å². The molecule has 1 heterocycles. The summed E-state index contributed by atoms with van der Waals surface area (Å²) in [4.78, 5) is 36.1. The highest BCUT2D eigenvalue weighted by atomic mass is 35.5. The van der Waals surface area contributed by atoms with Crippen LogP contribution in [-0.4, -0.2) is 18.0 Å². The molecule has 0 aliphatic heterocycles. The Morgan fingerprint density at radius 1 is 1.10 bits per heavy atom. The van der Waals surface area contributed by atoms with Crippen LogP contribution in [0.15, 0.2) is 63.0 Å². The lowest BCUT2D eigenvalue weighted by Crippen LogP contribution is -2.21. The van der Waals surface area contributed by atoms with Crippen molar-refractivity contribution < 1.29 is 14.0 Å². The van der Waals surface area contributed by atoms with Gasteiger partial charge in [-0.05, 0) is 31.2 Å². The highest BCUT2D eigenvalue weighted by Crippen LogP contribution is 2.16. The molecule has 8 heteroatoms. The molecule has 0 bridgehead atoms. The Labute approximate surface area is 171 Å². The maximum Gasteiger partial charge on any atom is 0.240 e. The van der Waals surface area contributed by atoms with Gasteiger partial charge >= 0.3 is 0 Å². The minimum Gasteiger partial charge on any atom is -0.463 e. The SMILES string of the molecule is Cc1ccc(NC(=O)CCC(=O)N/N=C\c2coc3cc(Cl)ccc3c2=O)cc1. The zero-order chi connectivity index (χ0) is 20.8. The van der Waals surface area contributed by atoms with Crippen LogP contribution in [0, 0.1) is 6.92 Å². The zero-order valence-corrected chi connectivity index (χ0v) is 16.3. The average molecular weight is 412 g/mol. The van der Waals surface area contributed by atoms with Crippen LogP contribution in [0.5, 0.6) is 0 Å². The number of hydrazone groups is 1. The first-order chi connectivity index (χ1) is 13.9. The van der Waals surface area contributed by atoms with E-state index in [0.29, 0.717) is 21.7 Å². The summed E-state index contributed by atoms with van der Waals surface area (Å²) in [5.41, 5.74) is 4.30. The normalized spacial score (nSPS) is 11.0. The van der Waals surface area contributed by atoms with Gasteiger partial charge in [-0.1, -0.05) is 29.3 Å². The van der Waals surface area contributed by atoms with Crippen molar-refractivity contribution in [3.8, 4) is 0 Å². The molecule has 0 spiro atoms. The second-order valence-corrected chi connectivity index (χ2v) is 6.80. The summed E-state index contributed by atoms with van der Waals surface area (Å²) >= 11 is 5.87. The first-order valence-electron chi connectivity index (χ1n) is 8.82. The number of carbonyl (C=O) groups excluding carboxylic acids is 2. The zero-order valence-electron chi connectivity index (χ0n) is 15.6. The summed E-state index contributed by atoms with van der Waals surface area (Å²) in [5, 5.41) is 7.29. The van der Waals surface area contributed by atoms with E-state index in [1.54, 1.807) is 30.3 Å². The first kappa shape index (κ1) is 20.3. The highest BCUT2D eigenvalue weighted by molar-refractivity contribution is 6.31. The maximum absolute atomic E-state index is 12.4. The number of amides is 2. The number of nitrogens with zero attached hydrogens (tertiary/aromatic N) is 1. The van der Waals surface area contributed by atoms with Gasteiger partial charge in [-0.3, -0.25) is 14.4 Å². The summed E-state index contributed by atoms with van der Waals surface area (Å²) in [5.74, 6) is -0.723. The summed E-state index contributed by atoms with van der Waals surface area (Å²) in [6.07, 6.45) is 2.41. The Balaban J connectivity index is 1.52. The topological polar surface area (TPSA) is 101 Å². The van der Waals surface area contributed by atoms with Crippen molar-refractivity contribution in [3.05, 3.63) is 75.1 Å². The number of rotatable bonds is 6. The van der Waals surface area contributed by atoms with Crippen LogP contribution in [0.3, 0.4) is 0 Å². The van der Waals surface area contributed by atoms with Gasteiger partial charge in [0.2, 0.25) is 17.2 Å². The Morgan fingerprint density at radius 3 is 2.59 bits per heavy atom. The minimum atomic E-state index is -0.447. The molecule has 2 amide bonds. The number of anilines is 1. The summed E-state index contributed by atoms with van der Waals surface area (Å²) in [6, 6.07) is 12.0. The van der Waals surface area contributed by atoms with E-state index < -0.39 is 5.91 Å². The van der Waals surface area contributed by atoms with Gasteiger partial charge in [0.25, 0.3) is 0 Å². The molecule has 0 aliphatic carbocycles. The Bertz CT molecular complexity index is 1140. The lowest BCUT2D eigenvalue weighted by Gasteiger charge is -2.05. The van der Waals surface area contributed by atoms with Crippen LogP contribution in [-0.2, 0) is 9.59 Å². The molecule has 1 aromatic heterocycles. The Morgan fingerprint density at radius 2 is 1.83 bits per heavy atom. The molecule has 7 nitrogen and oxygen atoms in total. The predicted octanol–water partition coefficient (Wildman–Crippen LogP) is 3.62. The van der Waals surface area contributed by atoms with Gasteiger partial charge < -0.3 is 9.73 Å². The molecule has 0 saturated heterocycles. The third-order valence-electron chi connectivity index (χ3n) is 4.07. The van der Waals surface area contributed by atoms with Crippen LogP contribution in [0.4, 0.5) is 5.69 Å². The molecule has 3 aromatic rings. The predicted molar refractivity (Wildman–Crippen MR) is 112 cm³/mol. The molecule has 0 fully saturated rings. The fourth-order valence-electron chi connectivity index (χ4n) is 2.52. The molecular weight excluding hydrogens is 394 g/mol. The monoisotopic (exact) mass is 411 g/mol. The van der Waals surface area contributed by atoms with E-state index in [4.69, 9.17) is 16.0 Å². The van der Waals surface area contributed by atoms with Gasteiger partial charge in [-0.15, -0.1) is 0 Å². The van der Waals surface area contributed by atoms with Crippen molar-refractivity contribution in [1.29, 1.82) is 0 Å². The number of hydrogen-bond acceptors (Lipinski definition) is 5. The maximum atomic E-state index is 12.4. The van der Waals surface area contributed by atoms with Gasteiger partial charge in [0.1, 0.15) is 11.8 Å². The van der Waals surface area contributed by atoms with E-state index in [2.05, 4.69) is 15.8 Å². The quantitative estimate of drug-likeness (QED) is 0.477. The summed E-state index contributed by atoms with van der Waals surface area (Å²) in [7, 11) is 0. The lowest BCUT2D eigenvalue weighted by molar-refractivity contribution is -0.124. The lowest BCUT2D eigenvalue weighted by atomic mass is 10.2. The molecule has 0 saturated carbocycles. The van der Waals surface area contributed by atoms with E-state index in [1.165, 1.54) is 12.5 Å². The van der Waals surface area contributed by atoms with Crippen molar-refractivity contribution >= 4 is 46.3 Å². The largest absolute Gasteiger partial charge is 0.463 e. The first-order valence-corrected chi connectivity index (χ1v) is 9.19. The molecule has 0 aliphatic rings. The third-order valence-corrected chi connectivity index (χ3v) is 4.31. The van der Waals surface area contributed by atoms with Crippen molar-refractivity contribution in [2.24, 2.45) is 5.10 Å². The fourth-order valence-corrected chi connectivity index (χ4v) is 2.69. The van der Waals surface area contributed by atoms with Crippen molar-refractivity contribution in [1.82, 2.24) is 5.43 Å². The van der Waals surface area contributed by atoms with Crippen molar-refractivity contribution in [3.63, 3.8) is 0 Å². The van der Waals surface area contributed by atoms with Gasteiger partial charge in [-0.25, -0.2) is 5.43 Å². The Hall–Kier alpha value is -3.45. The number of halogens is 1. The van der Waals surface area contributed by atoms with Crippen LogP contribution >= 0.6 is 11.6 Å². The van der Waals surface area contributed by atoms with Gasteiger partial charge in [0.05, 0.1) is 17.2 Å². The number of carbonyl (C=O) groups is 2. The molecule has 0 atom stereocenters. The van der Waals surface area contributed by atoms with Gasteiger partial charge in [0, 0.05) is 29.6 Å². The highest BCUT2D eigenvalue weighted by Gasteiger charge is 2.08. The number of nitrogens with one attached hydrogen (secondary N) is 2. The molecule has 148 valence electrons. The number of fused-ring (bicyclic) bond motifs is 1. The third kappa shape index (κ3) is 5.52. The molecule has 3 rings (SSSR count). The number of hydrogen-bond donors (Lipinski definition) is 2. The van der Waals surface area contributed by atoms with Gasteiger partial charge in [0.15, 0.2) is 0 Å². The van der Waals surface area contributed by atoms with Crippen LogP contribution in [0.2, 0.25) is 5.02 Å². The molecule has 0 radical (unpaired) electrons. The van der Waals surface area contributed by atoms with E-state index in [-0.39, 0.29) is 29.7 Å². The molecule has 0 unspecified atom stereocenters. The van der Waals surface area contributed by atoms with E-state index >= 15 is 0 Å². The van der Waals surface area contributed by atoms with Crippen LogP contribution in [0.25, 0.3) is 11.0 Å².